The Hall–Kier alpha value is -3.75. The second-order valence-electron chi connectivity index (χ2n) is 7.87. The summed E-state index contributed by atoms with van der Waals surface area (Å²) in [6, 6.07) is 15.7. The largest absolute Gasteiger partial charge is 0.322 e. The minimum atomic E-state index is -0.718. The Morgan fingerprint density at radius 2 is 1.88 bits per heavy atom. The van der Waals surface area contributed by atoms with E-state index in [0.717, 1.165) is 5.56 Å². The molecule has 5 rings (SSSR count). The van der Waals surface area contributed by atoms with Crippen molar-refractivity contribution in [3.63, 3.8) is 0 Å². The van der Waals surface area contributed by atoms with E-state index < -0.39 is 6.04 Å². The van der Waals surface area contributed by atoms with E-state index in [1.54, 1.807) is 46.6 Å². The second-order valence-corrected chi connectivity index (χ2v) is 9.29. The number of amides is 1. The van der Waals surface area contributed by atoms with Crippen LogP contribution in [-0.2, 0) is 11.8 Å². The summed E-state index contributed by atoms with van der Waals surface area (Å²) in [5, 5.41) is 7.56. The average Bonchev–Trinajstić information content (AvgIpc) is 3.36. The molecule has 0 spiro atoms. The molecule has 0 saturated heterocycles. The molecule has 1 aliphatic heterocycles. The number of aryl methyl sites for hydroxylation is 1. The van der Waals surface area contributed by atoms with Crippen molar-refractivity contribution >= 4 is 40.6 Å². The van der Waals surface area contributed by atoms with Gasteiger partial charge in [-0.1, -0.05) is 59.3 Å². The lowest BCUT2D eigenvalue weighted by Gasteiger charge is -2.26. The van der Waals surface area contributed by atoms with Gasteiger partial charge in [0, 0.05) is 29.5 Å². The Bertz CT molecular complexity index is 1610. The molecule has 0 fully saturated rings. The van der Waals surface area contributed by atoms with Crippen LogP contribution < -0.4 is 20.2 Å². The van der Waals surface area contributed by atoms with Crippen molar-refractivity contribution in [2.75, 3.05) is 5.32 Å². The summed E-state index contributed by atoms with van der Waals surface area (Å²) in [7, 11) is 1.82. The number of nitrogens with one attached hydrogen (secondary N) is 1. The van der Waals surface area contributed by atoms with Gasteiger partial charge in [0.05, 0.1) is 28.0 Å². The van der Waals surface area contributed by atoms with Crippen LogP contribution >= 0.6 is 22.9 Å². The number of rotatable bonds is 4. The average molecular weight is 490 g/mol. The molecule has 34 heavy (non-hydrogen) atoms. The molecule has 2 aromatic heterocycles. The molecule has 3 heterocycles. The van der Waals surface area contributed by atoms with Gasteiger partial charge in [-0.3, -0.25) is 18.8 Å². The first kappa shape index (κ1) is 22.1. The second kappa shape index (κ2) is 8.89. The minimum Gasteiger partial charge on any atom is -0.322 e. The lowest BCUT2D eigenvalue weighted by molar-refractivity contribution is -0.113. The predicted octanol–water partition coefficient (Wildman–Crippen LogP) is 3.26. The number of carbonyl (C=O) groups is 1. The number of halogens is 1. The van der Waals surface area contributed by atoms with E-state index in [4.69, 9.17) is 11.6 Å². The maximum atomic E-state index is 13.6. The molecule has 1 atom stereocenters. The number of thiazole rings is 1. The van der Waals surface area contributed by atoms with Crippen molar-refractivity contribution in [2.24, 2.45) is 12.0 Å². The Morgan fingerprint density at radius 3 is 2.59 bits per heavy atom. The normalized spacial score (nSPS) is 15.7. The molecule has 0 aliphatic carbocycles. The fourth-order valence-corrected chi connectivity index (χ4v) is 5.27. The highest BCUT2D eigenvalue weighted by Gasteiger charge is 2.33. The van der Waals surface area contributed by atoms with Gasteiger partial charge in [0.25, 0.3) is 11.5 Å². The number of para-hydroxylation sites is 1. The van der Waals surface area contributed by atoms with Crippen LogP contribution in [0.2, 0.25) is 5.02 Å². The molecular formula is C25H20ClN5O2S. The lowest BCUT2D eigenvalue weighted by Crippen LogP contribution is -2.40. The van der Waals surface area contributed by atoms with Gasteiger partial charge in [0.2, 0.25) is 0 Å². The summed E-state index contributed by atoms with van der Waals surface area (Å²) in [6.45, 7) is 1.78. The van der Waals surface area contributed by atoms with Crippen molar-refractivity contribution in [2.45, 2.75) is 13.0 Å². The van der Waals surface area contributed by atoms with Gasteiger partial charge in [0.1, 0.15) is 0 Å². The number of aromatic nitrogens is 3. The monoisotopic (exact) mass is 489 g/mol. The first-order valence-corrected chi connectivity index (χ1v) is 11.7. The van der Waals surface area contributed by atoms with E-state index in [-0.39, 0.29) is 11.5 Å². The third kappa shape index (κ3) is 4.02. The molecule has 1 amide bonds. The van der Waals surface area contributed by atoms with Gasteiger partial charge in [0.15, 0.2) is 4.80 Å². The fraction of sp³-hybridized carbons (Fsp3) is 0.120. The van der Waals surface area contributed by atoms with Crippen LogP contribution in [0.4, 0.5) is 5.69 Å². The van der Waals surface area contributed by atoms with Gasteiger partial charge in [-0.2, -0.15) is 5.10 Å². The van der Waals surface area contributed by atoms with Crippen LogP contribution in [0.3, 0.4) is 0 Å². The highest BCUT2D eigenvalue weighted by atomic mass is 35.5. The Labute approximate surface area is 204 Å². The molecule has 2 aromatic carbocycles. The molecule has 7 nitrogen and oxygen atoms in total. The molecular weight excluding hydrogens is 470 g/mol. The first-order chi connectivity index (χ1) is 16.4. The van der Waals surface area contributed by atoms with E-state index in [9.17, 15) is 9.59 Å². The molecule has 4 aromatic rings. The zero-order chi connectivity index (χ0) is 23.8. The van der Waals surface area contributed by atoms with Crippen LogP contribution in [0.15, 0.2) is 88.0 Å². The van der Waals surface area contributed by atoms with Crippen molar-refractivity contribution in [1.29, 1.82) is 0 Å². The number of allylic oxidation sites excluding steroid dienone is 1. The molecule has 0 saturated carbocycles. The van der Waals surface area contributed by atoms with Crippen LogP contribution in [0.25, 0.3) is 6.08 Å². The maximum Gasteiger partial charge on any atom is 0.271 e. The highest BCUT2D eigenvalue weighted by Crippen LogP contribution is 2.34. The Morgan fingerprint density at radius 1 is 1.15 bits per heavy atom. The van der Waals surface area contributed by atoms with Crippen molar-refractivity contribution in [1.82, 2.24) is 14.3 Å². The standard InChI is InChI=1S/C25H20ClN5O2S/c1-15-21(23(32)29-17-8-4-3-5-9-17)22(18-10-6-7-11-19(18)26)31-24(33)20(34-25(31)28-15)12-16-13-27-30(2)14-16/h3-14,22H,1-2H3,(H,29,32)/b20-12+. The van der Waals surface area contributed by atoms with E-state index in [2.05, 4.69) is 15.4 Å². The van der Waals surface area contributed by atoms with Crippen LogP contribution in [-0.4, -0.2) is 20.3 Å². The zero-order valence-corrected chi connectivity index (χ0v) is 20.0. The van der Waals surface area contributed by atoms with E-state index >= 15 is 0 Å². The quantitative estimate of drug-likeness (QED) is 0.477. The summed E-state index contributed by atoms with van der Waals surface area (Å²) in [4.78, 5) is 32.3. The van der Waals surface area contributed by atoms with Gasteiger partial charge < -0.3 is 5.32 Å². The van der Waals surface area contributed by atoms with Crippen molar-refractivity contribution in [3.8, 4) is 0 Å². The van der Waals surface area contributed by atoms with E-state index in [1.165, 1.54) is 11.3 Å². The number of benzene rings is 2. The topological polar surface area (TPSA) is 81.3 Å². The number of nitrogens with zero attached hydrogens (tertiary/aromatic N) is 4. The SMILES string of the molecule is CC1=C(C(=O)Nc2ccccc2)C(c2ccccc2Cl)n2c(s/c(=C/c3cnn(C)c3)c2=O)=N1. The third-order valence-electron chi connectivity index (χ3n) is 5.52. The van der Waals surface area contributed by atoms with Crippen molar-refractivity contribution in [3.05, 3.63) is 114 Å². The number of hydrogen-bond acceptors (Lipinski definition) is 5. The number of hydrogen-bond donors (Lipinski definition) is 1. The molecule has 1 N–H and O–H groups in total. The lowest BCUT2D eigenvalue weighted by atomic mass is 9.95. The Balaban J connectivity index is 1.70. The van der Waals surface area contributed by atoms with Gasteiger partial charge in [-0.25, -0.2) is 4.99 Å². The number of anilines is 1. The maximum absolute atomic E-state index is 13.6. The first-order valence-electron chi connectivity index (χ1n) is 10.5. The van der Waals surface area contributed by atoms with Gasteiger partial charge in [-0.15, -0.1) is 0 Å². The van der Waals surface area contributed by atoms with Gasteiger partial charge >= 0.3 is 0 Å². The van der Waals surface area contributed by atoms with Crippen LogP contribution in [0.1, 0.15) is 24.1 Å². The summed E-state index contributed by atoms with van der Waals surface area (Å²) in [6.07, 6.45) is 5.30. The summed E-state index contributed by atoms with van der Waals surface area (Å²) >= 11 is 7.85. The molecule has 0 radical (unpaired) electrons. The predicted molar refractivity (Wildman–Crippen MR) is 133 cm³/mol. The summed E-state index contributed by atoms with van der Waals surface area (Å²) in [5.74, 6) is -0.334. The zero-order valence-electron chi connectivity index (χ0n) is 18.4. The van der Waals surface area contributed by atoms with Gasteiger partial charge in [-0.05, 0) is 36.8 Å². The van der Waals surface area contributed by atoms with E-state index in [1.807, 2.05) is 49.6 Å². The molecule has 0 bridgehead atoms. The number of carbonyl (C=O) groups excluding carboxylic acids is 1. The van der Waals surface area contributed by atoms with Crippen molar-refractivity contribution < 1.29 is 4.79 Å². The minimum absolute atomic E-state index is 0.241. The smallest absolute Gasteiger partial charge is 0.271 e. The molecule has 9 heteroatoms. The molecule has 170 valence electrons. The Kier molecular flexibility index (Phi) is 5.77. The van der Waals surface area contributed by atoms with E-state index in [0.29, 0.717) is 36.9 Å². The highest BCUT2D eigenvalue weighted by molar-refractivity contribution is 7.07. The molecule has 1 unspecified atom stereocenters. The van der Waals surface area contributed by atoms with Crippen LogP contribution in [0.5, 0.6) is 0 Å². The fourth-order valence-electron chi connectivity index (χ4n) is 3.99. The molecule has 1 aliphatic rings. The summed E-state index contributed by atoms with van der Waals surface area (Å²) < 4.78 is 3.73. The summed E-state index contributed by atoms with van der Waals surface area (Å²) in [5.41, 5.74) is 2.78. The third-order valence-corrected chi connectivity index (χ3v) is 6.85. The van der Waals surface area contributed by atoms with Crippen LogP contribution in [0, 0.1) is 0 Å². The number of fused-ring (bicyclic) bond motifs is 1.